The molecule has 4 aliphatic carbocycles. The molecule has 1 aromatic rings. The van der Waals surface area contributed by atoms with E-state index in [1.165, 1.54) is 38.2 Å². The minimum Gasteiger partial charge on any atom is -0.387 e. The third-order valence-electron chi connectivity index (χ3n) is 10.9. The first-order valence-electron chi connectivity index (χ1n) is 14.2. The van der Waals surface area contributed by atoms with Crippen molar-refractivity contribution in [1.29, 1.82) is 0 Å². The van der Waals surface area contributed by atoms with Crippen molar-refractivity contribution >= 4 is 5.91 Å². The largest absolute Gasteiger partial charge is 0.387 e. The van der Waals surface area contributed by atoms with Gasteiger partial charge in [0.05, 0.1) is 17.8 Å². The lowest BCUT2D eigenvalue weighted by molar-refractivity contribution is -0.128. The van der Waals surface area contributed by atoms with Crippen molar-refractivity contribution in [3.8, 4) is 0 Å². The molecule has 4 nitrogen and oxygen atoms in total. The molecule has 0 saturated heterocycles. The van der Waals surface area contributed by atoms with E-state index in [4.69, 9.17) is 4.74 Å². The first kappa shape index (κ1) is 26.1. The van der Waals surface area contributed by atoms with Gasteiger partial charge in [0.15, 0.2) is 0 Å². The van der Waals surface area contributed by atoms with Crippen LogP contribution in [-0.2, 0) is 4.74 Å². The molecule has 0 heterocycles. The fourth-order valence-electron chi connectivity index (χ4n) is 9.31. The quantitative estimate of drug-likeness (QED) is 0.492. The molecule has 6 heteroatoms. The highest BCUT2D eigenvalue weighted by atomic mass is 19.1. The lowest BCUT2D eigenvalue weighted by Gasteiger charge is -2.57. The van der Waals surface area contributed by atoms with Gasteiger partial charge in [0, 0.05) is 18.7 Å². The summed E-state index contributed by atoms with van der Waals surface area (Å²) in [6.45, 7) is 7.60. The molecule has 4 fully saturated rings. The van der Waals surface area contributed by atoms with Crippen LogP contribution < -0.4 is 5.32 Å². The molecule has 4 saturated carbocycles. The maximum Gasteiger partial charge on any atom is 0.254 e. The highest BCUT2D eigenvalue weighted by Crippen LogP contribution is 2.65. The maximum absolute atomic E-state index is 14.2. The van der Waals surface area contributed by atoms with Crippen LogP contribution in [-0.4, -0.2) is 35.9 Å². The standard InChI is InChI=1S/C30H43F2NO3/c1-4-36-17-30(35)14-12-21-19(16-30)5-7-23-22(21)11-13-29(3)25(9-10-26(23)29)18(2)33-28(34)24-8-6-20(31)15-27(24)32/h6,8,15,18-19,21-23,25-26,35H,4-5,7,9-14,16-17H2,1-3H3,(H,33,34)/t18-,19-,21+,22-,23-,25?,26+,29-,30-/m1/s1. The van der Waals surface area contributed by atoms with Gasteiger partial charge in [-0.1, -0.05) is 6.92 Å². The van der Waals surface area contributed by atoms with Gasteiger partial charge >= 0.3 is 0 Å². The van der Waals surface area contributed by atoms with Crippen molar-refractivity contribution in [2.24, 2.45) is 40.9 Å². The Morgan fingerprint density at radius 3 is 2.64 bits per heavy atom. The van der Waals surface area contributed by atoms with Crippen LogP contribution in [0.1, 0.15) is 88.9 Å². The van der Waals surface area contributed by atoms with E-state index in [-0.39, 0.29) is 17.0 Å². The van der Waals surface area contributed by atoms with E-state index in [9.17, 15) is 18.7 Å². The van der Waals surface area contributed by atoms with Crippen molar-refractivity contribution in [1.82, 2.24) is 5.32 Å². The van der Waals surface area contributed by atoms with Crippen molar-refractivity contribution in [3.05, 3.63) is 35.4 Å². The Morgan fingerprint density at radius 1 is 1.11 bits per heavy atom. The molecule has 0 aliphatic heterocycles. The van der Waals surface area contributed by atoms with Crippen molar-refractivity contribution < 1.29 is 23.4 Å². The highest BCUT2D eigenvalue weighted by molar-refractivity contribution is 5.94. The highest BCUT2D eigenvalue weighted by Gasteiger charge is 2.58. The molecule has 0 radical (unpaired) electrons. The normalized spacial score (nSPS) is 40.6. The molecular weight excluding hydrogens is 460 g/mol. The molecule has 36 heavy (non-hydrogen) atoms. The number of aliphatic hydroxyl groups is 1. The molecule has 2 N–H and O–H groups in total. The second kappa shape index (κ2) is 9.98. The molecule has 9 atom stereocenters. The molecule has 0 bridgehead atoms. The molecule has 200 valence electrons. The van der Waals surface area contributed by atoms with Gasteiger partial charge in [0.25, 0.3) is 5.91 Å². The predicted molar refractivity (Wildman–Crippen MR) is 135 cm³/mol. The lowest BCUT2D eigenvalue weighted by atomic mass is 9.48. The molecule has 4 aliphatic rings. The number of amides is 1. The average molecular weight is 504 g/mol. The van der Waals surface area contributed by atoms with Crippen molar-refractivity contribution in [3.63, 3.8) is 0 Å². The first-order valence-corrected chi connectivity index (χ1v) is 14.2. The third-order valence-corrected chi connectivity index (χ3v) is 10.9. The second-order valence-electron chi connectivity index (χ2n) is 12.7. The minimum atomic E-state index is -0.812. The Hall–Kier alpha value is -1.53. The monoisotopic (exact) mass is 503 g/mol. The number of ether oxygens (including phenoxy) is 1. The molecular formula is C30H43F2NO3. The zero-order valence-corrected chi connectivity index (χ0v) is 22.1. The zero-order valence-electron chi connectivity index (χ0n) is 22.1. The molecule has 1 amide bonds. The number of fused-ring (bicyclic) bond motifs is 5. The smallest absolute Gasteiger partial charge is 0.254 e. The van der Waals surface area contributed by atoms with Crippen molar-refractivity contribution in [2.45, 2.75) is 90.2 Å². The van der Waals surface area contributed by atoms with Crippen LogP contribution in [0.5, 0.6) is 0 Å². The summed E-state index contributed by atoms with van der Waals surface area (Å²) in [7, 11) is 0. The van der Waals surface area contributed by atoms with Crippen molar-refractivity contribution in [2.75, 3.05) is 13.2 Å². The summed E-state index contributed by atoms with van der Waals surface area (Å²) >= 11 is 0. The number of hydrogen-bond acceptors (Lipinski definition) is 3. The summed E-state index contributed by atoms with van der Waals surface area (Å²) in [6, 6.07) is 3.08. The second-order valence-corrected chi connectivity index (χ2v) is 12.7. The van der Waals surface area contributed by atoms with E-state index < -0.39 is 23.1 Å². The van der Waals surface area contributed by atoms with E-state index >= 15 is 0 Å². The van der Waals surface area contributed by atoms with Crippen LogP contribution in [0.4, 0.5) is 8.78 Å². The van der Waals surface area contributed by atoms with E-state index in [0.29, 0.717) is 36.9 Å². The Morgan fingerprint density at radius 2 is 1.89 bits per heavy atom. The zero-order chi connectivity index (χ0) is 25.7. The maximum atomic E-state index is 14.2. The summed E-state index contributed by atoms with van der Waals surface area (Å²) in [4.78, 5) is 12.8. The van der Waals surface area contributed by atoms with Crippen LogP contribution in [0, 0.1) is 52.6 Å². The van der Waals surface area contributed by atoms with Gasteiger partial charge in [-0.15, -0.1) is 0 Å². The molecule has 0 spiro atoms. The number of nitrogens with one attached hydrogen (secondary N) is 1. The van der Waals surface area contributed by atoms with E-state index in [1.807, 2.05) is 6.92 Å². The van der Waals surface area contributed by atoms with Crippen LogP contribution in [0.25, 0.3) is 0 Å². The molecule has 5 rings (SSSR count). The Balaban J connectivity index is 1.25. The van der Waals surface area contributed by atoms with Crippen LogP contribution in [0.2, 0.25) is 0 Å². The van der Waals surface area contributed by atoms with Gasteiger partial charge in [-0.3, -0.25) is 4.79 Å². The SMILES string of the molecule is CCOC[C@@]1(O)CC[C@H]2[C@H](CC[C@@H]3[C@@H]2CC[C@]2(C)C([C@@H](C)NC(=O)c4ccc(F)cc4F)CC[C@@H]32)C1. The fraction of sp³-hybridized carbons (Fsp3) is 0.767. The summed E-state index contributed by atoms with van der Waals surface area (Å²) < 4.78 is 33.1. The minimum absolute atomic E-state index is 0.0620. The van der Waals surface area contributed by atoms with Gasteiger partial charge in [-0.05, 0) is 125 Å². The van der Waals surface area contributed by atoms with Gasteiger partial charge in [-0.25, -0.2) is 8.78 Å². The molecule has 1 aromatic carbocycles. The summed E-state index contributed by atoms with van der Waals surface area (Å²) in [5.41, 5.74) is -0.568. The fourth-order valence-corrected chi connectivity index (χ4v) is 9.31. The molecule has 1 unspecified atom stereocenters. The number of carbonyl (C=O) groups excluding carboxylic acids is 1. The number of hydrogen-bond donors (Lipinski definition) is 2. The number of benzene rings is 1. The van der Waals surface area contributed by atoms with Crippen LogP contribution >= 0.6 is 0 Å². The van der Waals surface area contributed by atoms with Gasteiger partial charge in [-0.2, -0.15) is 0 Å². The average Bonchev–Trinajstić information content (AvgIpc) is 3.19. The summed E-state index contributed by atoms with van der Waals surface area (Å²) in [5.74, 6) is 1.87. The van der Waals surface area contributed by atoms with Crippen LogP contribution in [0.15, 0.2) is 18.2 Å². The third kappa shape index (κ3) is 4.62. The van der Waals surface area contributed by atoms with Gasteiger partial charge in [0.2, 0.25) is 0 Å². The first-order chi connectivity index (χ1) is 17.1. The van der Waals surface area contributed by atoms with E-state index in [2.05, 4.69) is 19.2 Å². The molecule has 0 aromatic heterocycles. The Bertz CT molecular complexity index is 972. The van der Waals surface area contributed by atoms with E-state index in [0.717, 1.165) is 49.7 Å². The lowest BCUT2D eigenvalue weighted by Crippen LogP contribution is -2.53. The number of carbonyl (C=O) groups is 1. The van der Waals surface area contributed by atoms with Gasteiger partial charge < -0.3 is 15.2 Å². The summed E-state index contributed by atoms with van der Waals surface area (Å²) in [5, 5.41) is 14.2. The summed E-state index contributed by atoms with van der Waals surface area (Å²) in [6.07, 6.45) is 9.96. The predicted octanol–water partition coefficient (Wildman–Crippen LogP) is 6.12. The van der Waals surface area contributed by atoms with E-state index in [1.54, 1.807) is 0 Å². The van der Waals surface area contributed by atoms with Crippen LogP contribution in [0.3, 0.4) is 0 Å². The number of rotatable bonds is 6. The Labute approximate surface area is 214 Å². The van der Waals surface area contributed by atoms with Gasteiger partial charge in [0.1, 0.15) is 11.6 Å². The topological polar surface area (TPSA) is 58.6 Å². The Kier molecular flexibility index (Phi) is 7.23. The number of halogens is 2.